The number of furan rings is 1. The third-order valence-corrected chi connectivity index (χ3v) is 11.4. The molecule has 5 aromatic heterocycles. The molecule has 0 atom stereocenters. The average molecular weight is 675 g/mol. The summed E-state index contributed by atoms with van der Waals surface area (Å²) in [5.74, 6) is 0.797. The Hall–Kier alpha value is -7.24. The molecule has 0 unspecified atom stereocenters. The Morgan fingerprint density at radius 2 is 1.17 bits per heavy atom. The normalized spacial score (nSPS) is 12.5. The first kappa shape index (κ1) is 27.5. The Bertz CT molecular complexity index is 3680. The van der Waals surface area contributed by atoms with E-state index in [1.165, 1.54) is 21.8 Å². The van der Waals surface area contributed by atoms with E-state index < -0.39 is 0 Å². The molecule has 5 nitrogen and oxygen atoms in total. The maximum atomic E-state index is 6.90. The molecule has 13 aromatic rings. The van der Waals surface area contributed by atoms with Gasteiger partial charge in [0.2, 0.25) is 0 Å². The minimum absolute atomic E-state index is 0.797. The largest absolute Gasteiger partial charge is 0.455 e. The molecular weight excluding hydrogens is 649 g/mol. The summed E-state index contributed by atoms with van der Waals surface area (Å²) in [5, 5.41) is 11.5. The van der Waals surface area contributed by atoms with Crippen molar-refractivity contribution >= 4 is 104 Å². The molecular formula is C48H26N4O. The molecule has 0 bridgehead atoms. The van der Waals surface area contributed by atoms with Gasteiger partial charge in [0.1, 0.15) is 16.9 Å². The summed E-state index contributed by atoms with van der Waals surface area (Å²) in [6, 6.07) is 56.1. The minimum atomic E-state index is 0.797. The van der Waals surface area contributed by atoms with Crippen molar-refractivity contribution in [2.24, 2.45) is 0 Å². The van der Waals surface area contributed by atoms with Crippen LogP contribution in [0, 0.1) is 0 Å². The van der Waals surface area contributed by atoms with E-state index >= 15 is 0 Å². The highest BCUT2D eigenvalue weighted by molar-refractivity contribution is 6.37. The predicted molar refractivity (Wildman–Crippen MR) is 219 cm³/mol. The van der Waals surface area contributed by atoms with Crippen LogP contribution in [0.3, 0.4) is 0 Å². The molecule has 0 fully saturated rings. The van der Waals surface area contributed by atoms with Crippen molar-refractivity contribution in [3.8, 4) is 17.1 Å². The van der Waals surface area contributed by atoms with E-state index in [1.807, 2.05) is 0 Å². The van der Waals surface area contributed by atoms with E-state index in [4.69, 9.17) is 14.4 Å². The van der Waals surface area contributed by atoms with Crippen LogP contribution in [0.1, 0.15) is 0 Å². The molecule has 0 radical (unpaired) electrons. The molecule has 53 heavy (non-hydrogen) atoms. The first-order valence-corrected chi connectivity index (χ1v) is 18.0. The maximum Gasteiger partial charge on any atom is 0.165 e. The molecule has 0 saturated carbocycles. The lowest BCUT2D eigenvalue weighted by Gasteiger charge is -2.15. The van der Waals surface area contributed by atoms with Crippen molar-refractivity contribution in [1.29, 1.82) is 0 Å². The Balaban J connectivity index is 1.33. The van der Waals surface area contributed by atoms with Crippen LogP contribution < -0.4 is 0 Å². The zero-order valence-electron chi connectivity index (χ0n) is 28.2. The van der Waals surface area contributed by atoms with Crippen LogP contribution >= 0.6 is 0 Å². The molecule has 13 rings (SSSR count). The fourth-order valence-corrected chi connectivity index (χ4v) is 9.24. The van der Waals surface area contributed by atoms with Crippen LogP contribution in [0.15, 0.2) is 162 Å². The van der Waals surface area contributed by atoms with E-state index in [-0.39, 0.29) is 0 Å². The van der Waals surface area contributed by atoms with Crippen molar-refractivity contribution in [2.45, 2.75) is 0 Å². The Morgan fingerprint density at radius 1 is 0.453 bits per heavy atom. The summed E-state index contributed by atoms with van der Waals surface area (Å²) in [7, 11) is 0. The first-order valence-electron chi connectivity index (χ1n) is 18.0. The van der Waals surface area contributed by atoms with E-state index in [0.717, 1.165) is 98.9 Å². The monoisotopic (exact) mass is 674 g/mol. The van der Waals surface area contributed by atoms with E-state index in [1.54, 1.807) is 0 Å². The number of para-hydroxylation sites is 3. The van der Waals surface area contributed by atoms with Gasteiger partial charge in [-0.15, -0.1) is 0 Å². The smallest absolute Gasteiger partial charge is 0.165 e. The van der Waals surface area contributed by atoms with E-state index in [2.05, 4.69) is 167 Å². The highest BCUT2D eigenvalue weighted by Crippen LogP contribution is 2.48. The van der Waals surface area contributed by atoms with Crippen molar-refractivity contribution < 1.29 is 4.42 Å². The zero-order chi connectivity index (χ0) is 34.4. The second-order valence-electron chi connectivity index (χ2n) is 14.1. The van der Waals surface area contributed by atoms with Crippen LogP contribution in [-0.2, 0) is 0 Å². The quantitative estimate of drug-likeness (QED) is 0.172. The van der Waals surface area contributed by atoms with Gasteiger partial charge in [-0.2, -0.15) is 0 Å². The van der Waals surface area contributed by atoms with Crippen LogP contribution in [0.4, 0.5) is 0 Å². The maximum absolute atomic E-state index is 6.90. The molecule has 0 aliphatic rings. The summed E-state index contributed by atoms with van der Waals surface area (Å²) in [6.07, 6.45) is 0. The second-order valence-corrected chi connectivity index (χ2v) is 14.1. The zero-order valence-corrected chi connectivity index (χ0v) is 28.2. The third kappa shape index (κ3) is 3.42. The van der Waals surface area contributed by atoms with Gasteiger partial charge >= 0.3 is 0 Å². The summed E-state index contributed by atoms with van der Waals surface area (Å²) in [6.45, 7) is 0. The number of benzene rings is 8. The standard InChI is InChI=1S/C48H26N4O/c1-2-13-28(14-3-1)44-48(49-35-25-24-27-12-4-5-15-29(27)45(35)50-44)52-38-22-11-21-37-42(38)43-39(52)26-34-31-17-7-9-23-40(31)53-47(34)41(43)33-19-10-18-32-30-16-6-8-20-36(30)51(37)46(32)33/h1-26H. The molecule has 244 valence electrons. The number of hydrogen-bond acceptors (Lipinski definition) is 3. The van der Waals surface area contributed by atoms with Crippen LogP contribution in [0.25, 0.3) is 121 Å². The highest BCUT2D eigenvalue weighted by Gasteiger charge is 2.27. The van der Waals surface area contributed by atoms with E-state index in [0.29, 0.717) is 0 Å². The number of rotatable bonds is 2. The lowest BCUT2D eigenvalue weighted by Crippen LogP contribution is -2.04. The summed E-state index contributed by atoms with van der Waals surface area (Å²) in [5.41, 5.74) is 11.0. The first-order chi connectivity index (χ1) is 26.3. The van der Waals surface area contributed by atoms with Gasteiger partial charge in [0.05, 0.1) is 38.6 Å². The molecule has 0 aliphatic carbocycles. The SMILES string of the molecule is c1ccc(-c2nc3c(ccc4ccccc43)nc2-n2c3cc4c5ccccc5oc4c4c5cccc6c7ccccc7n(c7cccc2c7c43)c65)cc1. The van der Waals surface area contributed by atoms with Crippen molar-refractivity contribution in [3.05, 3.63) is 158 Å². The van der Waals surface area contributed by atoms with Gasteiger partial charge < -0.3 is 8.82 Å². The van der Waals surface area contributed by atoms with Gasteiger partial charge in [-0.05, 0) is 41.8 Å². The van der Waals surface area contributed by atoms with Gasteiger partial charge in [0.15, 0.2) is 5.82 Å². The summed E-state index contributed by atoms with van der Waals surface area (Å²) >= 11 is 0. The minimum Gasteiger partial charge on any atom is -0.455 e. The van der Waals surface area contributed by atoms with Crippen molar-refractivity contribution in [2.75, 3.05) is 0 Å². The van der Waals surface area contributed by atoms with Gasteiger partial charge in [-0.25, -0.2) is 9.97 Å². The average Bonchev–Trinajstić information content (AvgIpc) is 3.84. The van der Waals surface area contributed by atoms with Crippen molar-refractivity contribution in [1.82, 2.24) is 18.9 Å². The fraction of sp³-hybridized carbons (Fsp3) is 0. The molecule has 0 saturated heterocycles. The fourth-order valence-electron chi connectivity index (χ4n) is 9.24. The summed E-state index contributed by atoms with van der Waals surface area (Å²) in [4.78, 5) is 11.1. The lowest BCUT2D eigenvalue weighted by atomic mass is 10.0. The number of nitrogens with zero attached hydrogens (tertiary/aromatic N) is 4. The lowest BCUT2D eigenvalue weighted by molar-refractivity contribution is 0.673. The predicted octanol–water partition coefficient (Wildman–Crippen LogP) is 12.6. The molecule has 0 N–H and O–H groups in total. The van der Waals surface area contributed by atoms with E-state index in [9.17, 15) is 0 Å². The van der Waals surface area contributed by atoms with Crippen molar-refractivity contribution in [3.63, 3.8) is 0 Å². The Morgan fingerprint density at radius 3 is 2.09 bits per heavy atom. The molecule has 5 heteroatoms. The second kappa shape index (κ2) is 9.75. The molecule has 8 aromatic carbocycles. The highest BCUT2D eigenvalue weighted by atomic mass is 16.3. The molecule has 0 spiro atoms. The topological polar surface area (TPSA) is 48.3 Å². The van der Waals surface area contributed by atoms with Gasteiger partial charge in [-0.1, -0.05) is 121 Å². The molecule has 5 heterocycles. The van der Waals surface area contributed by atoms with Gasteiger partial charge in [-0.3, -0.25) is 4.57 Å². The van der Waals surface area contributed by atoms with Gasteiger partial charge in [0.25, 0.3) is 0 Å². The van der Waals surface area contributed by atoms with Gasteiger partial charge in [0, 0.05) is 54.0 Å². The Labute approximate surface area is 300 Å². The molecule has 0 aliphatic heterocycles. The van der Waals surface area contributed by atoms with Crippen LogP contribution in [0.5, 0.6) is 0 Å². The number of aromatic nitrogens is 4. The third-order valence-electron chi connectivity index (χ3n) is 11.4. The number of hydrogen-bond donors (Lipinski definition) is 0. The van der Waals surface area contributed by atoms with Crippen LogP contribution in [-0.4, -0.2) is 18.9 Å². The molecule has 0 amide bonds. The Kier molecular flexibility index (Phi) is 5.06. The number of fused-ring (bicyclic) bond motifs is 12. The summed E-state index contributed by atoms with van der Waals surface area (Å²) < 4.78 is 11.7. The van der Waals surface area contributed by atoms with Crippen LogP contribution in [0.2, 0.25) is 0 Å².